The molecule has 3 heterocycles. The molecular formula is C24H26N2O5. The van der Waals surface area contributed by atoms with Crippen molar-refractivity contribution in [2.45, 2.75) is 51.8 Å². The standard InChI is InChI=1S/C22H20N2O5.C2H6/c25-20-9-8-17(21(26)23-20)24-11-16-15(22(24)27)5-3-7-19(16)28-12-14-10-13-4-1-2-6-18(13)29-14;1-2/h1-7,14,17H,8-12H2,(H,23,25,26);1-2H3. The van der Waals surface area contributed by atoms with Gasteiger partial charge in [-0.25, -0.2) is 0 Å². The van der Waals surface area contributed by atoms with E-state index in [1.807, 2.05) is 44.2 Å². The average molecular weight is 422 g/mol. The topological polar surface area (TPSA) is 84.9 Å². The Bertz CT molecular complexity index is 994. The van der Waals surface area contributed by atoms with Crippen LogP contribution in [0.25, 0.3) is 0 Å². The fourth-order valence-corrected chi connectivity index (χ4v) is 4.22. The van der Waals surface area contributed by atoms with Gasteiger partial charge in [0.15, 0.2) is 0 Å². The molecular weight excluding hydrogens is 396 g/mol. The molecule has 5 rings (SSSR count). The van der Waals surface area contributed by atoms with Crippen molar-refractivity contribution in [3.63, 3.8) is 0 Å². The van der Waals surface area contributed by atoms with Gasteiger partial charge in [-0.2, -0.15) is 0 Å². The number of carbonyl (C=O) groups excluding carboxylic acids is 3. The maximum absolute atomic E-state index is 12.9. The molecule has 0 saturated carbocycles. The van der Waals surface area contributed by atoms with Crippen LogP contribution in [-0.4, -0.2) is 41.4 Å². The van der Waals surface area contributed by atoms with Crippen molar-refractivity contribution in [3.05, 3.63) is 59.2 Å². The van der Waals surface area contributed by atoms with Gasteiger partial charge in [-0.15, -0.1) is 0 Å². The smallest absolute Gasteiger partial charge is 0.255 e. The zero-order valence-electron chi connectivity index (χ0n) is 17.7. The van der Waals surface area contributed by atoms with Crippen molar-refractivity contribution in [3.8, 4) is 11.5 Å². The van der Waals surface area contributed by atoms with Gasteiger partial charge in [0.2, 0.25) is 11.8 Å². The second-order valence-electron chi connectivity index (χ2n) is 7.54. The maximum Gasteiger partial charge on any atom is 0.255 e. The van der Waals surface area contributed by atoms with E-state index in [9.17, 15) is 14.4 Å². The minimum atomic E-state index is -0.631. The lowest BCUT2D eigenvalue weighted by molar-refractivity contribution is -0.136. The van der Waals surface area contributed by atoms with E-state index in [4.69, 9.17) is 9.47 Å². The molecule has 1 saturated heterocycles. The van der Waals surface area contributed by atoms with Crippen LogP contribution in [0.4, 0.5) is 0 Å². The Hall–Kier alpha value is -3.35. The molecule has 1 fully saturated rings. The number of ether oxygens (including phenoxy) is 2. The molecule has 31 heavy (non-hydrogen) atoms. The van der Waals surface area contributed by atoms with E-state index in [1.54, 1.807) is 12.1 Å². The van der Waals surface area contributed by atoms with Crippen LogP contribution in [0.1, 0.15) is 48.2 Å². The second-order valence-corrected chi connectivity index (χ2v) is 7.54. The number of carbonyl (C=O) groups is 3. The van der Waals surface area contributed by atoms with E-state index in [0.29, 0.717) is 30.9 Å². The fraction of sp³-hybridized carbons (Fsp3) is 0.375. The van der Waals surface area contributed by atoms with Crippen molar-refractivity contribution >= 4 is 17.7 Å². The largest absolute Gasteiger partial charge is 0.489 e. The van der Waals surface area contributed by atoms with E-state index >= 15 is 0 Å². The first-order chi connectivity index (χ1) is 15.1. The van der Waals surface area contributed by atoms with Gasteiger partial charge in [-0.05, 0) is 30.2 Å². The number of fused-ring (bicyclic) bond motifs is 2. The van der Waals surface area contributed by atoms with Crippen LogP contribution in [-0.2, 0) is 22.6 Å². The van der Waals surface area contributed by atoms with Crippen molar-refractivity contribution in [1.82, 2.24) is 10.2 Å². The summed E-state index contributed by atoms with van der Waals surface area (Å²) in [6.07, 6.45) is 1.28. The van der Waals surface area contributed by atoms with E-state index in [0.717, 1.165) is 17.7 Å². The van der Waals surface area contributed by atoms with Gasteiger partial charge >= 0.3 is 0 Å². The summed E-state index contributed by atoms with van der Waals surface area (Å²) in [4.78, 5) is 38.0. The highest BCUT2D eigenvalue weighted by Gasteiger charge is 2.40. The highest BCUT2D eigenvalue weighted by Crippen LogP contribution is 2.34. The number of piperidine rings is 1. The van der Waals surface area contributed by atoms with Crippen LogP contribution >= 0.6 is 0 Å². The molecule has 2 atom stereocenters. The number of rotatable bonds is 4. The fourth-order valence-electron chi connectivity index (χ4n) is 4.22. The summed E-state index contributed by atoms with van der Waals surface area (Å²) in [5.41, 5.74) is 2.49. The molecule has 7 nitrogen and oxygen atoms in total. The predicted octanol–water partition coefficient (Wildman–Crippen LogP) is 2.86. The minimum absolute atomic E-state index is 0.0772. The number of nitrogens with one attached hydrogen (secondary N) is 1. The van der Waals surface area contributed by atoms with Gasteiger partial charge in [0.05, 0.1) is 6.54 Å². The molecule has 7 heteroatoms. The first kappa shape index (κ1) is 20.9. The molecule has 1 N–H and O–H groups in total. The van der Waals surface area contributed by atoms with E-state index < -0.39 is 11.9 Å². The summed E-state index contributed by atoms with van der Waals surface area (Å²) >= 11 is 0. The second kappa shape index (κ2) is 8.79. The summed E-state index contributed by atoms with van der Waals surface area (Å²) in [6, 6.07) is 12.7. The van der Waals surface area contributed by atoms with Crippen LogP contribution < -0.4 is 14.8 Å². The van der Waals surface area contributed by atoms with Crippen molar-refractivity contribution in [1.29, 1.82) is 0 Å². The van der Waals surface area contributed by atoms with Gasteiger partial charge in [0, 0.05) is 24.0 Å². The summed E-state index contributed by atoms with van der Waals surface area (Å²) in [6.45, 7) is 4.67. The number of amides is 3. The first-order valence-corrected chi connectivity index (χ1v) is 10.7. The van der Waals surface area contributed by atoms with E-state index in [2.05, 4.69) is 5.32 Å². The lowest BCUT2D eigenvalue weighted by Gasteiger charge is -2.29. The van der Waals surface area contributed by atoms with Crippen molar-refractivity contribution in [2.75, 3.05) is 6.61 Å². The maximum atomic E-state index is 12.9. The lowest BCUT2D eigenvalue weighted by Crippen LogP contribution is -2.52. The summed E-state index contributed by atoms with van der Waals surface area (Å²) in [7, 11) is 0. The molecule has 0 radical (unpaired) electrons. The van der Waals surface area contributed by atoms with E-state index in [-0.39, 0.29) is 24.3 Å². The molecule has 2 aromatic rings. The molecule has 3 aliphatic rings. The Kier molecular flexibility index (Phi) is 5.93. The Morgan fingerprint density at radius 1 is 1.10 bits per heavy atom. The van der Waals surface area contributed by atoms with Crippen molar-refractivity contribution < 1.29 is 23.9 Å². The molecule has 0 spiro atoms. The molecule has 2 unspecified atom stereocenters. The van der Waals surface area contributed by atoms with Crippen LogP contribution in [0, 0.1) is 0 Å². The van der Waals surface area contributed by atoms with Crippen LogP contribution in [0.15, 0.2) is 42.5 Å². The van der Waals surface area contributed by atoms with Crippen molar-refractivity contribution in [2.24, 2.45) is 0 Å². The van der Waals surface area contributed by atoms with Crippen LogP contribution in [0.2, 0.25) is 0 Å². The summed E-state index contributed by atoms with van der Waals surface area (Å²) in [5.74, 6) is 0.604. The van der Waals surface area contributed by atoms with Gasteiger partial charge in [0.1, 0.15) is 30.3 Å². The van der Waals surface area contributed by atoms with Gasteiger partial charge in [0.25, 0.3) is 5.91 Å². The molecule has 0 bridgehead atoms. The highest BCUT2D eigenvalue weighted by molar-refractivity contribution is 6.05. The Balaban J connectivity index is 0.00000112. The van der Waals surface area contributed by atoms with Gasteiger partial charge in [-0.3, -0.25) is 19.7 Å². The number of hydrogen-bond donors (Lipinski definition) is 1. The number of hydrogen-bond acceptors (Lipinski definition) is 5. The summed E-state index contributed by atoms with van der Waals surface area (Å²) < 4.78 is 12.0. The third kappa shape index (κ3) is 4.00. The van der Waals surface area contributed by atoms with Crippen LogP contribution in [0.3, 0.4) is 0 Å². The number of imide groups is 1. The Labute approximate surface area is 181 Å². The number of para-hydroxylation sites is 1. The van der Waals surface area contributed by atoms with Gasteiger partial charge < -0.3 is 14.4 Å². The third-order valence-electron chi connectivity index (χ3n) is 5.68. The minimum Gasteiger partial charge on any atom is -0.489 e. The molecule has 0 aromatic heterocycles. The quantitative estimate of drug-likeness (QED) is 0.766. The third-order valence-corrected chi connectivity index (χ3v) is 5.68. The average Bonchev–Trinajstić information content (AvgIpc) is 3.35. The normalized spacial score (nSPS) is 21.5. The Morgan fingerprint density at radius 3 is 2.68 bits per heavy atom. The monoisotopic (exact) mass is 422 g/mol. The molecule has 0 aliphatic carbocycles. The van der Waals surface area contributed by atoms with E-state index in [1.165, 1.54) is 10.5 Å². The zero-order valence-corrected chi connectivity index (χ0v) is 17.7. The molecule has 2 aromatic carbocycles. The lowest BCUT2D eigenvalue weighted by atomic mass is 10.0. The van der Waals surface area contributed by atoms with Gasteiger partial charge in [-0.1, -0.05) is 38.1 Å². The zero-order chi connectivity index (χ0) is 22.0. The number of nitrogens with zero attached hydrogens (tertiary/aromatic N) is 1. The SMILES string of the molecule is CC.O=C1CCC(N2Cc3c(OCC4Cc5ccccc5O4)cccc3C2=O)C(=O)N1. The predicted molar refractivity (Wildman–Crippen MR) is 114 cm³/mol. The Morgan fingerprint density at radius 2 is 1.90 bits per heavy atom. The molecule has 3 aliphatic heterocycles. The van der Waals surface area contributed by atoms with Crippen LogP contribution in [0.5, 0.6) is 11.5 Å². The first-order valence-electron chi connectivity index (χ1n) is 10.7. The highest BCUT2D eigenvalue weighted by atomic mass is 16.5. The molecule has 162 valence electrons. The summed E-state index contributed by atoms with van der Waals surface area (Å²) in [5, 5.41) is 2.32. The number of benzene rings is 2. The molecule has 3 amide bonds.